The number of oxime groups is 1. The summed E-state index contributed by atoms with van der Waals surface area (Å²) in [5.41, 5.74) is 5.39. The van der Waals surface area contributed by atoms with Crippen LogP contribution in [0.2, 0.25) is 0 Å². The van der Waals surface area contributed by atoms with Gasteiger partial charge in [0.2, 0.25) is 0 Å². The maximum absolute atomic E-state index is 12.8. The average Bonchev–Trinajstić information content (AvgIpc) is 3.45. The van der Waals surface area contributed by atoms with Crippen LogP contribution in [0.3, 0.4) is 0 Å². The van der Waals surface area contributed by atoms with E-state index in [2.05, 4.69) is 25.0 Å². The molecule has 2 aliphatic heterocycles. The zero-order valence-corrected chi connectivity index (χ0v) is 18.7. The highest BCUT2D eigenvalue weighted by atomic mass is 32.2. The molecule has 0 bridgehead atoms. The monoisotopic (exact) mass is 497 g/mol. The topological polar surface area (TPSA) is 182 Å². The van der Waals surface area contributed by atoms with Gasteiger partial charge in [0.05, 0.1) is 11.9 Å². The number of carbonyl (C=O) groups is 3. The lowest BCUT2D eigenvalue weighted by atomic mass is 9.92. The largest absolute Gasteiger partial charge is 0.492 e. The summed E-state index contributed by atoms with van der Waals surface area (Å²) >= 11 is 3.58. The normalized spacial score (nSPS) is 20.3. The molecule has 2 atom stereocenters. The summed E-state index contributed by atoms with van der Waals surface area (Å²) in [7, 11) is 1.26. The van der Waals surface area contributed by atoms with Crippen LogP contribution >= 0.6 is 34.6 Å². The summed E-state index contributed by atoms with van der Waals surface area (Å²) in [6.45, 7) is 0.0186. The highest BCUT2D eigenvalue weighted by molar-refractivity contribution is 8.01. The number of ether oxygens (including phenoxy) is 1. The zero-order valence-electron chi connectivity index (χ0n) is 16.3. The van der Waals surface area contributed by atoms with E-state index in [-0.39, 0.29) is 40.4 Å². The third-order valence-electron chi connectivity index (χ3n) is 4.49. The van der Waals surface area contributed by atoms with Gasteiger partial charge in [0.15, 0.2) is 16.5 Å². The predicted molar refractivity (Wildman–Crippen MR) is 114 cm³/mol. The summed E-state index contributed by atoms with van der Waals surface area (Å²) < 4.78 is 10.2. The van der Waals surface area contributed by atoms with Gasteiger partial charge in [-0.15, -0.1) is 28.2 Å². The fourth-order valence-electron chi connectivity index (χ4n) is 3.13. The molecule has 1 saturated heterocycles. The number of hydrogen-bond donors (Lipinski definition) is 3. The summed E-state index contributed by atoms with van der Waals surface area (Å²) in [5.74, 6) is -2.24. The second-order valence-corrected chi connectivity index (χ2v) is 9.28. The molecule has 2 aromatic rings. The van der Waals surface area contributed by atoms with E-state index in [1.54, 1.807) is 6.20 Å². The van der Waals surface area contributed by atoms with Crippen LogP contribution in [0.4, 0.5) is 5.13 Å². The molecule has 13 nitrogen and oxygen atoms in total. The number of aromatic nitrogens is 3. The van der Waals surface area contributed by atoms with E-state index in [0.29, 0.717) is 0 Å². The van der Waals surface area contributed by atoms with E-state index in [4.69, 9.17) is 15.3 Å². The van der Waals surface area contributed by atoms with Gasteiger partial charge < -0.3 is 25.7 Å². The van der Waals surface area contributed by atoms with Gasteiger partial charge in [-0.25, -0.2) is 9.78 Å². The number of nitrogen functional groups attached to an aromatic ring is 1. The van der Waals surface area contributed by atoms with Crippen LogP contribution in [0.25, 0.3) is 0 Å². The first-order chi connectivity index (χ1) is 15.4. The van der Waals surface area contributed by atoms with Crippen LogP contribution in [0.5, 0.6) is 0 Å². The van der Waals surface area contributed by atoms with Crippen molar-refractivity contribution in [2.45, 2.75) is 16.3 Å². The van der Waals surface area contributed by atoms with Gasteiger partial charge in [-0.3, -0.25) is 14.5 Å². The standard InChI is InChI=1S/C16H15N7O6S3/c1-28-21-10(6-4-31-16(17)19-6)13(24)20-11-7-3-29-8(5-30-9-2-18-22-32-9)12(15(26)27)23(7)14(11)25/h2,4,7,11H,3,5H2,1H3,(H2,17,19)(H,20,24)(H,26,27)/b21-10-. The fourth-order valence-corrected chi connectivity index (χ4v) is 5.05. The molecule has 0 radical (unpaired) electrons. The number of nitrogens with one attached hydrogen (secondary N) is 1. The minimum atomic E-state index is -1.30. The third kappa shape index (κ3) is 4.11. The van der Waals surface area contributed by atoms with E-state index in [1.165, 1.54) is 35.8 Å². The Bertz CT molecular complexity index is 1120. The number of fused-ring (bicyclic) bond motifs is 1. The molecule has 0 spiro atoms. The highest BCUT2D eigenvalue weighted by Gasteiger charge is 2.55. The number of thioether (sulfide) groups is 1. The van der Waals surface area contributed by atoms with E-state index in [0.717, 1.165) is 20.4 Å². The van der Waals surface area contributed by atoms with Crippen LogP contribution in [0.1, 0.15) is 5.69 Å². The quantitative estimate of drug-likeness (QED) is 0.189. The van der Waals surface area contributed by atoms with Gasteiger partial charge >= 0.3 is 5.97 Å². The molecule has 2 aromatic heterocycles. The van der Waals surface area contributed by atoms with E-state index < -0.39 is 29.9 Å². The number of amides is 2. The Morgan fingerprint density at radius 3 is 2.97 bits per heavy atom. The average molecular weight is 498 g/mol. The highest BCUT2D eigenvalue weighted by Crippen LogP contribution is 2.35. The number of rotatable bonds is 8. The SMILES string of the molecule is CO/N=C(\C(=O)NC1C(=O)N2C(C(=O)O)=C(CSc3cnns3)OCC12)c1csc(N)n1. The second-order valence-electron chi connectivity index (χ2n) is 6.33. The number of nitrogens with zero attached hydrogens (tertiary/aromatic N) is 5. The molecule has 1 fully saturated rings. The van der Waals surface area contributed by atoms with Crippen molar-refractivity contribution in [2.75, 3.05) is 25.2 Å². The Balaban J connectivity index is 1.49. The number of anilines is 1. The lowest BCUT2D eigenvalue weighted by Crippen LogP contribution is -2.73. The van der Waals surface area contributed by atoms with Gasteiger partial charge in [0, 0.05) is 5.38 Å². The molecule has 4 rings (SSSR count). The van der Waals surface area contributed by atoms with Crippen LogP contribution in [0, 0.1) is 0 Å². The number of thiazole rings is 1. The van der Waals surface area contributed by atoms with Gasteiger partial charge in [0.25, 0.3) is 11.8 Å². The summed E-state index contributed by atoms with van der Waals surface area (Å²) in [4.78, 5) is 47.2. The lowest BCUT2D eigenvalue weighted by Gasteiger charge is -2.49. The Morgan fingerprint density at radius 1 is 1.53 bits per heavy atom. The van der Waals surface area contributed by atoms with E-state index >= 15 is 0 Å². The molecule has 0 aliphatic carbocycles. The molecule has 2 aliphatic rings. The molecule has 4 heterocycles. The number of carboxylic acids is 1. The maximum atomic E-state index is 12.8. The van der Waals surface area contributed by atoms with Crippen LogP contribution in [0.15, 0.2) is 32.4 Å². The second kappa shape index (κ2) is 9.09. The number of carboxylic acid groups (broad SMARTS) is 1. The minimum absolute atomic E-state index is 0.0186. The number of carbonyl (C=O) groups excluding carboxylic acids is 2. The summed E-state index contributed by atoms with van der Waals surface area (Å²) in [6.07, 6.45) is 1.55. The third-order valence-corrected chi connectivity index (χ3v) is 7.00. The molecule has 32 heavy (non-hydrogen) atoms. The molecule has 2 unspecified atom stereocenters. The molecule has 4 N–H and O–H groups in total. The van der Waals surface area contributed by atoms with Crippen LogP contribution in [-0.2, 0) is 24.0 Å². The fraction of sp³-hybridized carbons (Fsp3) is 0.312. The molecular weight excluding hydrogens is 482 g/mol. The number of β-lactam (4-membered cyclic amide) rings is 1. The Labute approximate surface area is 192 Å². The minimum Gasteiger partial charge on any atom is -0.492 e. The molecular formula is C16H15N7O6S3. The number of aliphatic carboxylic acids is 1. The van der Waals surface area contributed by atoms with E-state index in [9.17, 15) is 19.5 Å². The van der Waals surface area contributed by atoms with Gasteiger partial charge in [-0.1, -0.05) is 9.64 Å². The molecule has 16 heteroatoms. The number of nitrogens with two attached hydrogens (primary N) is 1. The summed E-state index contributed by atoms with van der Waals surface area (Å²) in [5, 5.41) is 21.4. The first-order valence-electron chi connectivity index (χ1n) is 8.86. The van der Waals surface area contributed by atoms with Crippen molar-refractivity contribution in [3.8, 4) is 0 Å². The Morgan fingerprint density at radius 2 is 2.34 bits per heavy atom. The smallest absolute Gasteiger partial charge is 0.356 e. The van der Waals surface area contributed by atoms with Gasteiger partial charge in [-0.2, -0.15) is 0 Å². The van der Waals surface area contributed by atoms with Crippen molar-refractivity contribution in [1.82, 2.24) is 24.8 Å². The van der Waals surface area contributed by atoms with Crippen molar-refractivity contribution in [3.63, 3.8) is 0 Å². The molecule has 0 saturated carbocycles. The lowest BCUT2D eigenvalue weighted by molar-refractivity contribution is -0.160. The molecule has 168 valence electrons. The molecule has 0 aromatic carbocycles. The molecule has 2 amide bonds. The van der Waals surface area contributed by atoms with Crippen LogP contribution < -0.4 is 11.1 Å². The predicted octanol–water partition coefficient (Wildman–Crippen LogP) is -0.258. The number of hydrogen-bond acceptors (Lipinski definition) is 13. The van der Waals surface area contributed by atoms with Gasteiger partial charge in [0.1, 0.15) is 41.5 Å². The Kier molecular flexibility index (Phi) is 6.24. The van der Waals surface area contributed by atoms with Crippen molar-refractivity contribution in [1.29, 1.82) is 0 Å². The van der Waals surface area contributed by atoms with Gasteiger partial charge in [-0.05, 0) is 11.5 Å². The first-order valence-corrected chi connectivity index (χ1v) is 11.5. The summed E-state index contributed by atoms with van der Waals surface area (Å²) in [6, 6.07) is -1.67. The van der Waals surface area contributed by atoms with Crippen molar-refractivity contribution < 1.29 is 29.1 Å². The van der Waals surface area contributed by atoms with Crippen molar-refractivity contribution in [2.24, 2.45) is 5.16 Å². The van der Waals surface area contributed by atoms with Crippen molar-refractivity contribution in [3.05, 3.63) is 28.7 Å². The zero-order chi connectivity index (χ0) is 22.8. The van der Waals surface area contributed by atoms with Crippen LogP contribution in [-0.4, -0.2) is 79.6 Å². The van der Waals surface area contributed by atoms with E-state index in [1.807, 2.05) is 0 Å². The first kappa shape index (κ1) is 22.0. The maximum Gasteiger partial charge on any atom is 0.356 e. The Hall–Kier alpha value is -3.24. The van der Waals surface area contributed by atoms with Crippen molar-refractivity contribution >= 4 is 63.3 Å².